The van der Waals surface area contributed by atoms with E-state index in [0.29, 0.717) is 12.0 Å². The minimum atomic E-state index is 0.522. The lowest BCUT2D eigenvalue weighted by Gasteiger charge is -2.35. The molecule has 0 aliphatic heterocycles. The smallest absolute Gasteiger partial charge is 0.134 e. The molecule has 1 saturated carbocycles. The lowest BCUT2D eigenvalue weighted by Crippen LogP contribution is -2.35. The zero-order chi connectivity index (χ0) is 14.8. The van der Waals surface area contributed by atoms with Gasteiger partial charge in [-0.15, -0.1) is 0 Å². The van der Waals surface area contributed by atoms with Gasteiger partial charge in [0.1, 0.15) is 11.6 Å². The summed E-state index contributed by atoms with van der Waals surface area (Å²) in [4.78, 5) is 4.56. The van der Waals surface area contributed by atoms with Crippen molar-refractivity contribution in [1.82, 2.24) is 4.98 Å². The second-order valence-electron chi connectivity index (χ2n) is 6.26. The summed E-state index contributed by atoms with van der Waals surface area (Å²) in [6.07, 6.45) is 5.77. The summed E-state index contributed by atoms with van der Waals surface area (Å²) in [5, 5.41) is 6.03. The molecule has 1 aliphatic carbocycles. The maximum Gasteiger partial charge on any atom is 0.134 e. The molecule has 0 amide bonds. The number of hydrogen-bond donors (Lipinski definition) is 1. The van der Waals surface area contributed by atoms with Crippen molar-refractivity contribution >= 4 is 16.6 Å². The fourth-order valence-corrected chi connectivity index (χ4v) is 3.36. The summed E-state index contributed by atoms with van der Waals surface area (Å²) >= 11 is 0. The van der Waals surface area contributed by atoms with Gasteiger partial charge in [-0.05, 0) is 47.9 Å². The van der Waals surface area contributed by atoms with Crippen LogP contribution in [-0.4, -0.2) is 18.1 Å². The van der Waals surface area contributed by atoms with Crippen molar-refractivity contribution in [2.24, 2.45) is 11.8 Å². The standard InChI is InChI=1S/C18H24N2O/c1-12-5-4-6-17(13(12)2)20-18-16-8-7-15(21-3)11-14(16)9-10-19-18/h7-13,17H,4-6H2,1-3H3,(H,19,20). The van der Waals surface area contributed by atoms with Crippen LogP contribution in [0.2, 0.25) is 0 Å². The Morgan fingerprint density at radius 1 is 1.19 bits per heavy atom. The van der Waals surface area contributed by atoms with Crippen LogP contribution < -0.4 is 10.1 Å². The summed E-state index contributed by atoms with van der Waals surface area (Å²) in [5.74, 6) is 3.36. The highest BCUT2D eigenvalue weighted by Gasteiger charge is 2.27. The van der Waals surface area contributed by atoms with Gasteiger partial charge in [-0.2, -0.15) is 0 Å². The normalized spacial score (nSPS) is 25.8. The number of pyridine rings is 1. The van der Waals surface area contributed by atoms with Crippen molar-refractivity contribution in [2.45, 2.75) is 39.2 Å². The molecule has 21 heavy (non-hydrogen) atoms. The molecule has 3 rings (SSSR count). The van der Waals surface area contributed by atoms with Crippen molar-refractivity contribution in [2.75, 3.05) is 12.4 Å². The predicted molar refractivity (Wildman–Crippen MR) is 87.9 cm³/mol. The van der Waals surface area contributed by atoms with Crippen LogP contribution in [0.3, 0.4) is 0 Å². The lowest BCUT2D eigenvalue weighted by molar-refractivity contribution is 0.253. The number of aromatic nitrogens is 1. The predicted octanol–water partition coefficient (Wildman–Crippen LogP) is 4.48. The van der Waals surface area contributed by atoms with E-state index in [1.807, 2.05) is 18.3 Å². The third kappa shape index (κ3) is 2.82. The van der Waals surface area contributed by atoms with Crippen molar-refractivity contribution in [3.05, 3.63) is 30.5 Å². The van der Waals surface area contributed by atoms with Gasteiger partial charge in [0.25, 0.3) is 0 Å². The first-order chi connectivity index (χ1) is 10.2. The monoisotopic (exact) mass is 284 g/mol. The molecule has 0 spiro atoms. The zero-order valence-electron chi connectivity index (χ0n) is 13.1. The van der Waals surface area contributed by atoms with E-state index in [0.717, 1.165) is 17.5 Å². The SMILES string of the molecule is COc1ccc2c(NC3CCCC(C)C3C)nccc2c1. The second kappa shape index (κ2) is 5.92. The minimum absolute atomic E-state index is 0.522. The topological polar surface area (TPSA) is 34.1 Å². The molecule has 112 valence electrons. The van der Waals surface area contributed by atoms with Gasteiger partial charge in [0.15, 0.2) is 0 Å². The second-order valence-corrected chi connectivity index (χ2v) is 6.26. The van der Waals surface area contributed by atoms with Gasteiger partial charge < -0.3 is 10.1 Å². The summed E-state index contributed by atoms with van der Waals surface area (Å²) in [6, 6.07) is 8.72. The molecule has 1 fully saturated rings. The van der Waals surface area contributed by atoms with E-state index in [4.69, 9.17) is 4.74 Å². The fraction of sp³-hybridized carbons (Fsp3) is 0.500. The zero-order valence-corrected chi connectivity index (χ0v) is 13.1. The van der Waals surface area contributed by atoms with E-state index in [-0.39, 0.29) is 0 Å². The van der Waals surface area contributed by atoms with Crippen LogP contribution in [0, 0.1) is 11.8 Å². The Labute approximate surface area is 126 Å². The van der Waals surface area contributed by atoms with Gasteiger partial charge >= 0.3 is 0 Å². The minimum Gasteiger partial charge on any atom is -0.497 e. The van der Waals surface area contributed by atoms with Gasteiger partial charge in [0.05, 0.1) is 7.11 Å². The third-order valence-corrected chi connectivity index (χ3v) is 5.00. The lowest BCUT2D eigenvalue weighted by atomic mass is 9.78. The summed E-state index contributed by atoms with van der Waals surface area (Å²) in [6.45, 7) is 4.72. The first-order valence-corrected chi connectivity index (χ1v) is 7.88. The van der Waals surface area contributed by atoms with E-state index in [1.54, 1.807) is 7.11 Å². The van der Waals surface area contributed by atoms with Crippen LogP contribution in [0.1, 0.15) is 33.1 Å². The highest BCUT2D eigenvalue weighted by molar-refractivity contribution is 5.92. The van der Waals surface area contributed by atoms with Crippen LogP contribution in [0.4, 0.5) is 5.82 Å². The largest absolute Gasteiger partial charge is 0.497 e. The summed E-state index contributed by atoms with van der Waals surface area (Å²) in [7, 11) is 1.70. The molecule has 3 unspecified atom stereocenters. The number of methoxy groups -OCH3 is 1. The van der Waals surface area contributed by atoms with Gasteiger partial charge in [-0.3, -0.25) is 0 Å². The molecule has 0 saturated heterocycles. The Morgan fingerprint density at radius 3 is 2.86 bits per heavy atom. The van der Waals surface area contributed by atoms with Gasteiger partial charge in [-0.25, -0.2) is 4.98 Å². The molecular formula is C18H24N2O. The molecule has 0 radical (unpaired) electrons. The molecule has 1 aromatic heterocycles. The van der Waals surface area contributed by atoms with E-state index in [9.17, 15) is 0 Å². The van der Waals surface area contributed by atoms with Gasteiger partial charge in [-0.1, -0.05) is 26.7 Å². The molecule has 3 atom stereocenters. The molecule has 3 nitrogen and oxygen atoms in total. The Morgan fingerprint density at radius 2 is 2.05 bits per heavy atom. The average molecular weight is 284 g/mol. The molecule has 2 aromatic rings. The van der Waals surface area contributed by atoms with E-state index < -0.39 is 0 Å². The molecule has 1 heterocycles. The quantitative estimate of drug-likeness (QED) is 0.902. The number of fused-ring (bicyclic) bond motifs is 1. The fourth-order valence-electron chi connectivity index (χ4n) is 3.36. The van der Waals surface area contributed by atoms with E-state index in [1.165, 1.54) is 30.0 Å². The molecule has 1 N–H and O–H groups in total. The Bertz CT molecular complexity index is 626. The molecule has 0 bridgehead atoms. The van der Waals surface area contributed by atoms with Crippen molar-refractivity contribution < 1.29 is 4.74 Å². The van der Waals surface area contributed by atoms with Crippen molar-refractivity contribution in [3.63, 3.8) is 0 Å². The first kappa shape index (κ1) is 14.2. The molecule has 1 aromatic carbocycles. The van der Waals surface area contributed by atoms with Gasteiger partial charge in [0, 0.05) is 17.6 Å². The maximum atomic E-state index is 5.30. The Kier molecular flexibility index (Phi) is 4.00. The molecule has 1 aliphatic rings. The highest BCUT2D eigenvalue weighted by atomic mass is 16.5. The van der Waals surface area contributed by atoms with Crippen molar-refractivity contribution in [3.8, 4) is 5.75 Å². The summed E-state index contributed by atoms with van der Waals surface area (Å²) < 4.78 is 5.30. The molecule has 3 heteroatoms. The average Bonchev–Trinajstić information content (AvgIpc) is 2.51. The number of ether oxygens (including phenoxy) is 1. The maximum absolute atomic E-state index is 5.30. The molecular weight excluding hydrogens is 260 g/mol. The van der Waals surface area contributed by atoms with Crippen LogP contribution in [0.5, 0.6) is 5.75 Å². The van der Waals surface area contributed by atoms with E-state index >= 15 is 0 Å². The number of anilines is 1. The highest BCUT2D eigenvalue weighted by Crippen LogP contribution is 2.33. The van der Waals surface area contributed by atoms with Crippen LogP contribution in [0.25, 0.3) is 10.8 Å². The van der Waals surface area contributed by atoms with Crippen LogP contribution >= 0.6 is 0 Å². The third-order valence-electron chi connectivity index (χ3n) is 5.00. The number of rotatable bonds is 3. The number of nitrogens with zero attached hydrogens (tertiary/aromatic N) is 1. The number of nitrogens with one attached hydrogen (secondary N) is 1. The Hall–Kier alpha value is -1.77. The Balaban J connectivity index is 1.90. The summed E-state index contributed by atoms with van der Waals surface area (Å²) in [5.41, 5.74) is 0. The first-order valence-electron chi connectivity index (χ1n) is 7.88. The van der Waals surface area contributed by atoms with E-state index in [2.05, 4.69) is 36.3 Å². The van der Waals surface area contributed by atoms with Crippen molar-refractivity contribution in [1.29, 1.82) is 0 Å². The number of hydrogen-bond acceptors (Lipinski definition) is 3. The van der Waals surface area contributed by atoms with Crippen LogP contribution in [0.15, 0.2) is 30.5 Å². The van der Waals surface area contributed by atoms with Gasteiger partial charge in [0.2, 0.25) is 0 Å². The van der Waals surface area contributed by atoms with Crippen LogP contribution in [-0.2, 0) is 0 Å². The number of benzene rings is 1.